The minimum atomic E-state index is -0.458. The molecule has 20 heavy (non-hydrogen) atoms. The van der Waals surface area contributed by atoms with Crippen LogP contribution in [-0.4, -0.2) is 10.0 Å². The van der Waals surface area contributed by atoms with Crippen molar-refractivity contribution in [3.8, 4) is 11.5 Å². The number of aliphatic hydroxyl groups excluding tert-OH is 1. The fourth-order valence-electron chi connectivity index (χ4n) is 1.79. The van der Waals surface area contributed by atoms with E-state index in [1.54, 1.807) is 43.3 Å². The number of aryl methyl sites for hydroxylation is 1. The van der Waals surface area contributed by atoms with Gasteiger partial charge >= 0.3 is 5.69 Å². The number of para-hydroxylation sites is 1. The second kappa shape index (κ2) is 6.02. The van der Waals surface area contributed by atoms with Crippen molar-refractivity contribution in [1.29, 1.82) is 0 Å². The Morgan fingerprint density at radius 2 is 2.05 bits per heavy atom. The van der Waals surface area contributed by atoms with Crippen molar-refractivity contribution in [2.45, 2.75) is 13.5 Å². The number of nitro benzene ring substituents is 1. The maximum atomic E-state index is 11.1. The third kappa shape index (κ3) is 2.97. The second-order valence-corrected chi connectivity index (χ2v) is 5.06. The molecule has 0 radical (unpaired) electrons. The summed E-state index contributed by atoms with van der Waals surface area (Å²) in [7, 11) is 0. The van der Waals surface area contributed by atoms with Gasteiger partial charge in [0.2, 0.25) is 5.75 Å². The van der Waals surface area contributed by atoms with Crippen LogP contribution < -0.4 is 4.74 Å². The highest BCUT2D eigenvalue weighted by atomic mass is 79.9. The number of benzene rings is 2. The summed E-state index contributed by atoms with van der Waals surface area (Å²) in [6, 6.07) is 9.97. The average Bonchev–Trinajstić information content (AvgIpc) is 2.40. The number of aliphatic hydroxyl groups is 1. The van der Waals surface area contributed by atoms with E-state index in [9.17, 15) is 10.1 Å². The number of hydrogen-bond donors (Lipinski definition) is 1. The smallest absolute Gasteiger partial charge is 0.314 e. The van der Waals surface area contributed by atoms with Crippen LogP contribution >= 0.6 is 15.9 Å². The maximum absolute atomic E-state index is 11.1. The van der Waals surface area contributed by atoms with Crippen LogP contribution in [0.15, 0.2) is 40.9 Å². The summed E-state index contributed by atoms with van der Waals surface area (Å²) in [6.07, 6.45) is 0. The van der Waals surface area contributed by atoms with Gasteiger partial charge < -0.3 is 9.84 Å². The van der Waals surface area contributed by atoms with E-state index in [0.717, 1.165) is 5.56 Å². The molecule has 0 saturated heterocycles. The number of rotatable bonds is 4. The highest BCUT2D eigenvalue weighted by molar-refractivity contribution is 9.10. The molecule has 0 saturated carbocycles. The van der Waals surface area contributed by atoms with Gasteiger partial charge in [0.15, 0.2) is 0 Å². The Bertz CT molecular complexity index is 658. The lowest BCUT2D eigenvalue weighted by Crippen LogP contribution is -1.96. The number of hydrogen-bond acceptors (Lipinski definition) is 4. The van der Waals surface area contributed by atoms with Crippen LogP contribution in [0.1, 0.15) is 11.1 Å². The molecular formula is C14H12BrNO4. The zero-order valence-electron chi connectivity index (χ0n) is 10.7. The Hall–Kier alpha value is -1.92. The van der Waals surface area contributed by atoms with Crippen molar-refractivity contribution >= 4 is 21.6 Å². The number of halogens is 1. The molecule has 5 nitrogen and oxygen atoms in total. The Balaban J connectivity index is 2.40. The zero-order valence-corrected chi connectivity index (χ0v) is 12.3. The molecule has 2 rings (SSSR count). The molecule has 0 amide bonds. The van der Waals surface area contributed by atoms with E-state index in [1.807, 2.05) is 0 Å². The summed E-state index contributed by atoms with van der Waals surface area (Å²) in [5.74, 6) is 0.642. The first-order valence-electron chi connectivity index (χ1n) is 5.84. The highest BCUT2D eigenvalue weighted by Crippen LogP contribution is 2.37. The molecule has 0 aliphatic carbocycles. The van der Waals surface area contributed by atoms with Crippen LogP contribution in [0.5, 0.6) is 11.5 Å². The number of nitro groups is 1. The molecule has 0 fully saturated rings. The van der Waals surface area contributed by atoms with Gasteiger partial charge in [-0.15, -0.1) is 0 Å². The molecule has 0 atom stereocenters. The lowest BCUT2D eigenvalue weighted by molar-refractivity contribution is -0.386. The van der Waals surface area contributed by atoms with Crippen molar-refractivity contribution in [3.05, 3.63) is 62.1 Å². The van der Waals surface area contributed by atoms with Crippen molar-refractivity contribution in [3.63, 3.8) is 0 Å². The first-order valence-corrected chi connectivity index (χ1v) is 6.63. The normalized spacial score (nSPS) is 10.3. The summed E-state index contributed by atoms with van der Waals surface area (Å²) >= 11 is 3.32. The van der Waals surface area contributed by atoms with Gasteiger partial charge in [0.1, 0.15) is 5.75 Å². The number of ether oxygens (including phenoxy) is 1. The third-order valence-electron chi connectivity index (χ3n) is 2.78. The van der Waals surface area contributed by atoms with Gasteiger partial charge in [0.25, 0.3) is 0 Å². The van der Waals surface area contributed by atoms with Gasteiger partial charge in [-0.2, -0.15) is 0 Å². The van der Waals surface area contributed by atoms with E-state index in [4.69, 9.17) is 9.84 Å². The van der Waals surface area contributed by atoms with E-state index in [1.165, 1.54) is 0 Å². The quantitative estimate of drug-likeness (QED) is 0.677. The molecule has 0 aliphatic heterocycles. The molecular weight excluding hydrogens is 326 g/mol. The fraction of sp³-hybridized carbons (Fsp3) is 0.143. The number of nitrogens with zero attached hydrogens (tertiary/aromatic N) is 1. The van der Waals surface area contributed by atoms with E-state index < -0.39 is 4.92 Å². The van der Waals surface area contributed by atoms with Crippen molar-refractivity contribution in [2.24, 2.45) is 0 Å². The largest absolute Gasteiger partial charge is 0.449 e. The topological polar surface area (TPSA) is 72.6 Å². The predicted molar refractivity (Wildman–Crippen MR) is 78.0 cm³/mol. The van der Waals surface area contributed by atoms with Crippen molar-refractivity contribution in [2.75, 3.05) is 0 Å². The molecule has 0 aromatic heterocycles. The molecule has 1 N–H and O–H groups in total. The molecule has 0 aliphatic rings. The van der Waals surface area contributed by atoms with Crippen LogP contribution in [-0.2, 0) is 6.61 Å². The van der Waals surface area contributed by atoms with E-state index in [0.29, 0.717) is 15.8 Å². The van der Waals surface area contributed by atoms with Gasteiger partial charge in [0, 0.05) is 5.56 Å². The Labute approximate surface area is 124 Å². The summed E-state index contributed by atoms with van der Waals surface area (Å²) in [6.45, 7) is 1.58. The van der Waals surface area contributed by atoms with Gasteiger partial charge in [-0.1, -0.05) is 18.2 Å². The first kappa shape index (κ1) is 14.5. The molecule has 0 spiro atoms. The Morgan fingerprint density at radius 3 is 2.65 bits per heavy atom. The van der Waals surface area contributed by atoms with E-state index >= 15 is 0 Å². The molecule has 2 aromatic rings. The summed E-state index contributed by atoms with van der Waals surface area (Å²) in [4.78, 5) is 10.6. The maximum Gasteiger partial charge on any atom is 0.314 e. The molecule has 0 heterocycles. The Morgan fingerprint density at radius 1 is 1.30 bits per heavy atom. The van der Waals surface area contributed by atoms with Gasteiger partial charge in [-0.3, -0.25) is 10.1 Å². The van der Waals surface area contributed by atoms with Crippen molar-refractivity contribution in [1.82, 2.24) is 0 Å². The van der Waals surface area contributed by atoms with Gasteiger partial charge in [-0.05, 0) is 46.6 Å². The standard InChI is InChI=1S/C14H12BrNO4/c1-9-3-2-4-13(14(9)16(18)19)20-12-6-5-10(8-17)7-11(12)15/h2-7,17H,8H2,1H3. The zero-order chi connectivity index (χ0) is 14.7. The fourth-order valence-corrected chi connectivity index (χ4v) is 2.30. The van der Waals surface area contributed by atoms with Crippen LogP contribution in [0.25, 0.3) is 0 Å². The highest BCUT2D eigenvalue weighted by Gasteiger charge is 2.19. The van der Waals surface area contributed by atoms with Crippen LogP contribution in [0.3, 0.4) is 0 Å². The minimum absolute atomic E-state index is 0.0503. The summed E-state index contributed by atoms with van der Waals surface area (Å²) in [5.41, 5.74) is 1.21. The lowest BCUT2D eigenvalue weighted by Gasteiger charge is -2.10. The van der Waals surface area contributed by atoms with E-state index in [2.05, 4.69) is 15.9 Å². The predicted octanol–water partition coefficient (Wildman–Crippen LogP) is 3.95. The Kier molecular flexibility index (Phi) is 4.36. The summed E-state index contributed by atoms with van der Waals surface area (Å²) in [5, 5.41) is 20.1. The van der Waals surface area contributed by atoms with Crippen LogP contribution in [0.4, 0.5) is 5.69 Å². The van der Waals surface area contributed by atoms with Crippen LogP contribution in [0.2, 0.25) is 0 Å². The van der Waals surface area contributed by atoms with Crippen LogP contribution in [0, 0.1) is 17.0 Å². The first-order chi connectivity index (χ1) is 9.52. The average molecular weight is 338 g/mol. The molecule has 6 heteroatoms. The van der Waals surface area contributed by atoms with Gasteiger partial charge in [-0.25, -0.2) is 0 Å². The van der Waals surface area contributed by atoms with Crippen molar-refractivity contribution < 1.29 is 14.8 Å². The molecule has 0 bridgehead atoms. The lowest BCUT2D eigenvalue weighted by atomic mass is 10.2. The molecule has 0 unspecified atom stereocenters. The molecule has 104 valence electrons. The molecule has 2 aromatic carbocycles. The second-order valence-electron chi connectivity index (χ2n) is 4.20. The van der Waals surface area contributed by atoms with E-state index in [-0.39, 0.29) is 18.0 Å². The third-order valence-corrected chi connectivity index (χ3v) is 3.40. The minimum Gasteiger partial charge on any atom is -0.449 e. The SMILES string of the molecule is Cc1cccc(Oc2ccc(CO)cc2Br)c1[N+](=O)[O-]. The summed E-state index contributed by atoms with van der Waals surface area (Å²) < 4.78 is 6.24. The van der Waals surface area contributed by atoms with Gasteiger partial charge in [0.05, 0.1) is 16.0 Å². The monoisotopic (exact) mass is 337 g/mol.